The number of carboxylic acid groups (broad SMARTS) is 1. The summed E-state index contributed by atoms with van der Waals surface area (Å²) in [7, 11) is 0. The van der Waals surface area contributed by atoms with Crippen LogP contribution in [-0.2, 0) is 10.2 Å². The molecule has 1 amide bonds. The summed E-state index contributed by atoms with van der Waals surface area (Å²) in [5, 5.41) is 9.86. The first-order valence-corrected chi connectivity index (χ1v) is 9.12. The molecule has 1 heterocycles. The summed E-state index contributed by atoms with van der Waals surface area (Å²) in [5.74, 6) is -0.402. The third-order valence-electron chi connectivity index (χ3n) is 5.46. The van der Waals surface area contributed by atoms with E-state index in [1.807, 2.05) is 54.6 Å². The standard InChI is InChI=1S/C22H25NO3/c1-16(2)17-8-10-18(11-9-17)20(24)23-14-12-22(13-15-23,21(25)26)19-6-4-3-5-7-19/h3-11,16H,12-15H2,1-2H3,(H,25,26). The second-order valence-corrected chi connectivity index (χ2v) is 7.32. The van der Waals surface area contributed by atoms with Crippen LogP contribution in [0.4, 0.5) is 0 Å². The van der Waals surface area contributed by atoms with Crippen molar-refractivity contribution in [3.05, 3.63) is 71.3 Å². The van der Waals surface area contributed by atoms with E-state index in [0.29, 0.717) is 37.4 Å². The highest BCUT2D eigenvalue weighted by Crippen LogP contribution is 2.36. The maximum atomic E-state index is 12.8. The van der Waals surface area contributed by atoms with E-state index in [1.165, 1.54) is 5.56 Å². The summed E-state index contributed by atoms with van der Waals surface area (Å²) in [6, 6.07) is 17.1. The van der Waals surface area contributed by atoms with Gasteiger partial charge in [0.1, 0.15) is 0 Å². The maximum Gasteiger partial charge on any atom is 0.314 e. The highest BCUT2D eigenvalue weighted by molar-refractivity contribution is 5.94. The van der Waals surface area contributed by atoms with E-state index < -0.39 is 11.4 Å². The Morgan fingerprint density at radius 2 is 1.54 bits per heavy atom. The molecular formula is C22H25NO3. The molecule has 1 N–H and O–H groups in total. The molecule has 136 valence electrons. The Morgan fingerprint density at radius 3 is 2.04 bits per heavy atom. The lowest BCUT2D eigenvalue weighted by molar-refractivity contribution is -0.145. The van der Waals surface area contributed by atoms with Gasteiger partial charge in [-0.3, -0.25) is 9.59 Å². The summed E-state index contributed by atoms with van der Waals surface area (Å²) in [6.45, 7) is 5.14. The molecule has 0 saturated carbocycles. The average Bonchev–Trinajstić information content (AvgIpc) is 2.68. The van der Waals surface area contributed by atoms with E-state index in [4.69, 9.17) is 0 Å². The Hall–Kier alpha value is -2.62. The van der Waals surface area contributed by atoms with E-state index >= 15 is 0 Å². The van der Waals surface area contributed by atoms with E-state index in [2.05, 4.69) is 13.8 Å². The third kappa shape index (κ3) is 3.36. The molecule has 0 aromatic heterocycles. The Bertz CT molecular complexity index is 773. The predicted octanol–water partition coefficient (Wildman–Crippen LogP) is 4.07. The van der Waals surface area contributed by atoms with E-state index in [9.17, 15) is 14.7 Å². The van der Waals surface area contributed by atoms with Crippen molar-refractivity contribution in [1.29, 1.82) is 0 Å². The molecule has 1 aliphatic rings. The summed E-state index contributed by atoms with van der Waals surface area (Å²) < 4.78 is 0. The molecule has 2 aromatic rings. The van der Waals surface area contributed by atoms with Gasteiger partial charge in [0.05, 0.1) is 5.41 Å². The van der Waals surface area contributed by atoms with Crippen molar-refractivity contribution in [1.82, 2.24) is 4.90 Å². The lowest BCUT2D eigenvalue weighted by Gasteiger charge is -2.39. The number of rotatable bonds is 4. The molecule has 4 nitrogen and oxygen atoms in total. The monoisotopic (exact) mass is 351 g/mol. The molecule has 0 bridgehead atoms. The molecule has 1 saturated heterocycles. The van der Waals surface area contributed by atoms with Crippen LogP contribution in [-0.4, -0.2) is 35.0 Å². The van der Waals surface area contributed by atoms with Gasteiger partial charge in [-0.05, 0) is 42.0 Å². The molecule has 0 unspecified atom stereocenters. The van der Waals surface area contributed by atoms with Gasteiger partial charge in [0.25, 0.3) is 5.91 Å². The molecule has 0 spiro atoms. The van der Waals surface area contributed by atoms with Crippen molar-refractivity contribution in [3.8, 4) is 0 Å². The average molecular weight is 351 g/mol. The van der Waals surface area contributed by atoms with Crippen molar-refractivity contribution >= 4 is 11.9 Å². The Labute approximate surface area is 154 Å². The van der Waals surface area contributed by atoms with Crippen LogP contribution in [0.25, 0.3) is 0 Å². The quantitative estimate of drug-likeness (QED) is 0.903. The lowest BCUT2D eigenvalue weighted by Crippen LogP contribution is -2.49. The maximum absolute atomic E-state index is 12.8. The van der Waals surface area contributed by atoms with Gasteiger partial charge >= 0.3 is 5.97 Å². The number of hydrogen-bond donors (Lipinski definition) is 1. The van der Waals surface area contributed by atoms with Crippen LogP contribution in [0.3, 0.4) is 0 Å². The first-order valence-electron chi connectivity index (χ1n) is 9.12. The van der Waals surface area contributed by atoms with Crippen LogP contribution in [0.5, 0.6) is 0 Å². The van der Waals surface area contributed by atoms with Gasteiger partial charge in [-0.1, -0.05) is 56.3 Å². The number of carbonyl (C=O) groups is 2. The highest BCUT2D eigenvalue weighted by atomic mass is 16.4. The van der Waals surface area contributed by atoms with Crippen molar-refractivity contribution in [3.63, 3.8) is 0 Å². The summed E-state index contributed by atoms with van der Waals surface area (Å²) in [4.78, 5) is 26.6. The Balaban J connectivity index is 1.74. The normalized spacial score (nSPS) is 16.5. The van der Waals surface area contributed by atoms with Gasteiger partial charge in [-0.15, -0.1) is 0 Å². The molecule has 2 aromatic carbocycles. The van der Waals surface area contributed by atoms with E-state index in [-0.39, 0.29) is 5.91 Å². The fourth-order valence-corrected chi connectivity index (χ4v) is 3.67. The minimum Gasteiger partial charge on any atom is -0.481 e. The van der Waals surface area contributed by atoms with Crippen LogP contribution in [0.1, 0.15) is 54.1 Å². The van der Waals surface area contributed by atoms with Crippen LogP contribution in [0, 0.1) is 0 Å². The zero-order valence-electron chi connectivity index (χ0n) is 15.3. The summed E-state index contributed by atoms with van der Waals surface area (Å²) in [6.07, 6.45) is 0.865. The van der Waals surface area contributed by atoms with Gasteiger partial charge in [0, 0.05) is 18.7 Å². The molecule has 1 aliphatic heterocycles. The zero-order valence-corrected chi connectivity index (χ0v) is 15.3. The van der Waals surface area contributed by atoms with Gasteiger partial charge < -0.3 is 10.0 Å². The second kappa shape index (κ2) is 7.32. The molecule has 26 heavy (non-hydrogen) atoms. The van der Waals surface area contributed by atoms with Crippen molar-refractivity contribution < 1.29 is 14.7 Å². The third-order valence-corrected chi connectivity index (χ3v) is 5.46. The number of likely N-dealkylation sites (tertiary alicyclic amines) is 1. The summed E-state index contributed by atoms with van der Waals surface area (Å²) >= 11 is 0. The molecule has 0 aliphatic carbocycles. The predicted molar refractivity (Wildman–Crippen MR) is 101 cm³/mol. The van der Waals surface area contributed by atoms with Crippen LogP contribution in [0.15, 0.2) is 54.6 Å². The van der Waals surface area contributed by atoms with Crippen LogP contribution >= 0.6 is 0 Å². The Kier molecular flexibility index (Phi) is 5.12. The van der Waals surface area contributed by atoms with Crippen LogP contribution in [0.2, 0.25) is 0 Å². The molecular weight excluding hydrogens is 326 g/mol. The zero-order chi connectivity index (χ0) is 18.7. The smallest absolute Gasteiger partial charge is 0.314 e. The number of carbonyl (C=O) groups excluding carboxylic acids is 1. The number of hydrogen-bond acceptors (Lipinski definition) is 2. The van der Waals surface area contributed by atoms with E-state index in [1.54, 1.807) is 4.90 Å². The van der Waals surface area contributed by atoms with Gasteiger partial charge in [0.2, 0.25) is 0 Å². The number of aliphatic carboxylic acids is 1. The fourth-order valence-electron chi connectivity index (χ4n) is 3.67. The first kappa shape index (κ1) is 18.2. The molecule has 3 rings (SSSR count). The van der Waals surface area contributed by atoms with Crippen molar-refractivity contribution in [2.75, 3.05) is 13.1 Å². The SMILES string of the molecule is CC(C)c1ccc(C(=O)N2CCC(C(=O)O)(c3ccccc3)CC2)cc1. The topological polar surface area (TPSA) is 57.6 Å². The number of carboxylic acids is 1. The van der Waals surface area contributed by atoms with Gasteiger partial charge in [0.15, 0.2) is 0 Å². The number of piperidine rings is 1. The number of benzene rings is 2. The molecule has 4 heteroatoms. The first-order chi connectivity index (χ1) is 12.4. The molecule has 1 fully saturated rings. The lowest BCUT2D eigenvalue weighted by atomic mass is 9.72. The highest BCUT2D eigenvalue weighted by Gasteiger charge is 2.43. The fraction of sp³-hybridized carbons (Fsp3) is 0.364. The largest absolute Gasteiger partial charge is 0.481 e. The Morgan fingerprint density at radius 1 is 0.962 bits per heavy atom. The van der Waals surface area contributed by atoms with E-state index in [0.717, 1.165) is 5.56 Å². The van der Waals surface area contributed by atoms with Crippen molar-refractivity contribution in [2.45, 2.75) is 38.0 Å². The van der Waals surface area contributed by atoms with Gasteiger partial charge in [-0.2, -0.15) is 0 Å². The number of nitrogens with zero attached hydrogens (tertiary/aromatic N) is 1. The van der Waals surface area contributed by atoms with Crippen molar-refractivity contribution in [2.24, 2.45) is 0 Å². The minimum atomic E-state index is -0.903. The minimum absolute atomic E-state index is 0.0210. The van der Waals surface area contributed by atoms with Crippen LogP contribution < -0.4 is 0 Å². The number of amides is 1. The van der Waals surface area contributed by atoms with Gasteiger partial charge in [-0.25, -0.2) is 0 Å². The summed E-state index contributed by atoms with van der Waals surface area (Å²) in [5.41, 5.74) is 1.78. The second-order valence-electron chi connectivity index (χ2n) is 7.32. The molecule has 0 atom stereocenters. The molecule has 0 radical (unpaired) electrons.